The molecular formula is C3H3ClInN. The van der Waals surface area contributed by atoms with Crippen LogP contribution < -0.4 is 0 Å². The average molecular weight is 203 g/mol. The quantitative estimate of drug-likeness (QED) is 0.515. The van der Waals surface area contributed by atoms with E-state index < -0.39 is 22.7 Å². The van der Waals surface area contributed by atoms with Gasteiger partial charge >= 0.3 is 52.9 Å². The van der Waals surface area contributed by atoms with Gasteiger partial charge in [0.1, 0.15) is 0 Å². The van der Waals surface area contributed by atoms with Crippen LogP contribution in [0, 0.1) is 0 Å². The van der Waals surface area contributed by atoms with E-state index in [0.29, 0.717) is 0 Å². The molecule has 0 fully saturated rings. The van der Waals surface area contributed by atoms with Crippen molar-refractivity contribution in [1.82, 2.24) is 2.41 Å². The third-order valence-electron chi connectivity index (χ3n) is 0.568. The van der Waals surface area contributed by atoms with Gasteiger partial charge in [-0.25, -0.2) is 0 Å². The zero-order chi connectivity index (χ0) is 4.41. The topological polar surface area (TPSA) is 3.24 Å². The van der Waals surface area contributed by atoms with E-state index in [1.807, 2.05) is 12.3 Å². The van der Waals surface area contributed by atoms with Gasteiger partial charge < -0.3 is 0 Å². The Bertz CT molecular complexity index is 87.0. The van der Waals surface area contributed by atoms with Crippen molar-refractivity contribution < 1.29 is 0 Å². The molecule has 1 aliphatic heterocycles. The summed E-state index contributed by atoms with van der Waals surface area (Å²) in [6, 6.07) is 0. The number of hydrogen-bond acceptors (Lipinski definition) is 1. The van der Waals surface area contributed by atoms with Crippen LogP contribution in [-0.2, 0) is 0 Å². The molecule has 0 saturated heterocycles. The van der Waals surface area contributed by atoms with Crippen molar-refractivity contribution in [3.05, 3.63) is 12.3 Å². The molecule has 0 unspecified atom stereocenters. The Morgan fingerprint density at radius 3 is 2.67 bits per heavy atom. The van der Waals surface area contributed by atoms with Gasteiger partial charge in [0.05, 0.1) is 0 Å². The summed E-state index contributed by atoms with van der Waals surface area (Å²) in [6.45, 7) is 0. The van der Waals surface area contributed by atoms with Crippen molar-refractivity contribution in [2.45, 2.75) is 0 Å². The molecule has 0 saturated carbocycles. The van der Waals surface area contributed by atoms with Gasteiger partial charge in [0.25, 0.3) is 0 Å². The Labute approximate surface area is 52.9 Å². The summed E-state index contributed by atoms with van der Waals surface area (Å²) in [6.07, 6.45) is 3.91. The van der Waals surface area contributed by atoms with Crippen LogP contribution >= 0.6 is 11.8 Å². The molecule has 6 heavy (non-hydrogen) atoms. The summed E-state index contributed by atoms with van der Waals surface area (Å²) in [5, 5.41) is 0. The second-order valence-electron chi connectivity index (χ2n) is 1.03. The van der Waals surface area contributed by atoms with Crippen LogP contribution in [0.15, 0.2) is 12.3 Å². The Balaban J connectivity index is 2.60. The molecule has 30 valence electrons. The molecule has 0 aliphatic carbocycles. The first-order valence-electron chi connectivity index (χ1n) is 1.69. The van der Waals surface area contributed by atoms with Gasteiger partial charge in [-0.1, -0.05) is 0 Å². The Hall–Kier alpha value is 0.570. The van der Waals surface area contributed by atoms with Crippen LogP contribution in [0.4, 0.5) is 0 Å². The molecule has 1 aliphatic rings. The average Bonchev–Trinajstić information content (AvgIpc) is 1.86. The normalized spacial score (nSPS) is 15.8. The van der Waals surface area contributed by atoms with Gasteiger partial charge in [-0.3, -0.25) is 0 Å². The van der Waals surface area contributed by atoms with Gasteiger partial charge in [0.15, 0.2) is 0 Å². The summed E-state index contributed by atoms with van der Waals surface area (Å²) in [5.74, 6) is 0. The number of halogens is 1. The molecular weight excluding hydrogens is 200 g/mol. The Morgan fingerprint density at radius 2 is 2.50 bits per heavy atom. The fourth-order valence-corrected chi connectivity index (χ4v) is 2.42. The van der Waals surface area contributed by atoms with E-state index in [4.69, 9.17) is 11.8 Å². The molecule has 0 bridgehead atoms. The molecule has 0 radical (unpaired) electrons. The zero-order valence-corrected chi connectivity index (χ0v) is 7.19. The number of rotatable bonds is 0. The van der Waals surface area contributed by atoms with E-state index >= 15 is 0 Å². The predicted octanol–water partition coefficient (Wildman–Crippen LogP) is 0.391. The summed E-state index contributed by atoms with van der Waals surface area (Å²) >= 11 is 4.97. The minimum absolute atomic E-state index is 0.545. The van der Waals surface area contributed by atoms with E-state index in [1.165, 1.54) is 0 Å². The van der Waals surface area contributed by atoms with Crippen molar-refractivity contribution in [3.8, 4) is 0 Å². The SMILES string of the molecule is Cl[N]1C=C[CH]=[In]1. The maximum absolute atomic E-state index is 5.51. The van der Waals surface area contributed by atoms with Crippen LogP contribution in [0.25, 0.3) is 0 Å². The van der Waals surface area contributed by atoms with Gasteiger partial charge in [-0.2, -0.15) is 0 Å². The first-order valence-corrected chi connectivity index (χ1v) is 5.40. The van der Waals surface area contributed by atoms with Crippen molar-refractivity contribution in [2.75, 3.05) is 0 Å². The van der Waals surface area contributed by atoms with Crippen LogP contribution in [0.5, 0.6) is 0 Å². The summed E-state index contributed by atoms with van der Waals surface area (Å²) in [4.78, 5) is 0. The monoisotopic (exact) mass is 203 g/mol. The summed E-state index contributed by atoms with van der Waals surface area (Å²) in [7, 11) is 0. The van der Waals surface area contributed by atoms with Crippen molar-refractivity contribution in [2.24, 2.45) is 0 Å². The van der Waals surface area contributed by atoms with Crippen LogP contribution in [0.1, 0.15) is 0 Å². The number of allylic oxidation sites excluding steroid dienone is 1. The first-order chi connectivity index (χ1) is 2.89. The van der Waals surface area contributed by atoms with Gasteiger partial charge in [-0.15, -0.1) is 0 Å². The van der Waals surface area contributed by atoms with Gasteiger partial charge in [-0.05, 0) is 0 Å². The van der Waals surface area contributed by atoms with Gasteiger partial charge in [0.2, 0.25) is 0 Å². The van der Waals surface area contributed by atoms with E-state index in [9.17, 15) is 0 Å². The summed E-state index contributed by atoms with van der Waals surface area (Å²) < 4.78 is 3.97. The molecule has 3 heteroatoms. The number of hydrogen-bond donors (Lipinski definition) is 0. The molecule has 0 atom stereocenters. The maximum atomic E-state index is 5.51. The molecule has 1 nitrogen and oxygen atoms in total. The fraction of sp³-hybridized carbons (Fsp3) is 0. The third kappa shape index (κ3) is 1.02. The Kier molecular flexibility index (Phi) is 1.60. The van der Waals surface area contributed by atoms with Crippen LogP contribution in [-0.4, -0.2) is 28.9 Å². The molecule has 0 aromatic carbocycles. The fourth-order valence-electron chi connectivity index (χ4n) is 0.314. The van der Waals surface area contributed by atoms with Crippen LogP contribution in [0.2, 0.25) is 0 Å². The molecule has 0 aromatic heterocycles. The second-order valence-corrected chi connectivity index (χ2v) is 5.89. The van der Waals surface area contributed by atoms with Crippen molar-refractivity contribution in [3.63, 3.8) is 0 Å². The van der Waals surface area contributed by atoms with E-state index in [2.05, 4.69) is 3.76 Å². The third-order valence-corrected chi connectivity index (χ3v) is 3.87. The Morgan fingerprint density at radius 1 is 1.67 bits per heavy atom. The minimum atomic E-state index is -0.545. The van der Waals surface area contributed by atoms with Crippen molar-refractivity contribution in [1.29, 1.82) is 0 Å². The standard InChI is InChI=1S/C3H3ClN.In/c1-2-3-5-4;/h1-3H;/q-1;+1. The molecule has 0 amide bonds. The number of nitrogens with zero attached hydrogens (tertiary/aromatic N) is 1. The summed E-state index contributed by atoms with van der Waals surface area (Å²) in [5.41, 5.74) is 0. The van der Waals surface area contributed by atoms with E-state index in [0.717, 1.165) is 0 Å². The molecule has 0 aromatic rings. The van der Waals surface area contributed by atoms with E-state index in [1.54, 1.807) is 2.41 Å². The first kappa shape index (κ1) is 4.72. The zero-order valence-electron chi connectivity index (χ0n) is 3.13. The predicted molar refractivity (Wildman–Crippen MR) is 28.6 cm³/mol. The van der Waals surface area contributed by atoms with Gasteiger partial charge in [0, 0.05) is 0 Å². The molecule has 0 N–H and O–H groups in total. The van der Waals surface area contributed by atoms with Crippen molar-refractivity contribution >= 4 is 38.2 Å². The molecule has 1 rings (SSSR count). The van der Waals surface area contributed by atoms with E-state index in [-0.39, 0.29) is 0 Å². The van der Waals surface area contributed by atoms with Crippen LogP contribution in [0.3, 0.4) is 0 Å². The molecule has 0 spiro atoms. The molecule has 1 heterocycles. The second kappa shape index (κ2) is 2.03.